The number of fused-ring (bicyclic) bond motifs is 1. The molecule has 0 saturated heterocycles. The van der Waals surface area contributed by atoms with Gasteiger partial charge in [0.2, 0.25) is 0 Å². The predicted octanol–water partition coefficient (Wildman–Crippen LogP) is 1.64. The van der Waals surface area contributed by atoms with E-state index in [1.54, 1.807) is 0 Å². The zero-order valence-electron chi connectivity index (χ0n) is 8.40. The van der Waals surface area contributed by atoms with E-state index in [1.807, 2.05) is 12.4 Å². The summed E-state index contributed by atoms with van der Waals surface area (Å²) in [7, 11) is 0. The Morgan fingerprint density at radius 3 is 3.07 bits per heavy atom. The van der Waals surface area contributed by atoms with Crippen LogP contribution >= 0.6 is 0 Å². The van der Waals surface area contributed by atoms with Gasteiger partial charge in [-0.2, -0.15) is 5.10 Å². The summed E-state index contributed by atoms with van der Waals surface area (Å²) in [4.78, 5) is 0. The maximum Gasteiger partial charge on any atom is 0.0610 e. The predicted molar refractivity (Wildman–Crippen MR) is 58.6 cm³/mol. The number of aromatic nitrogens is 2. The molecule has 76 valence electrons. The van der Waals surface area contributed by atoms with Crippen LogP contribution in [0.1, 0.15) is 22.7 Å². The summed E-state index contributed by atoms with van der Waals surface area (Å²) in [6.45, 7) is 1.03. The monoisotopic (exact) mass is 199 g/mol. The van der Waals surface area contributed by atoms with Crippen molar-refractivity contribution in [3.63, 3.8) is 0 Å². The van der Waals surface area contributed by atoms with E-state index in [-0.39, 0.29) is 0 Å². The standard InChI is InChI=1S/C12H13N3/c1-2-4-11-9(3-1)5-6-13-12(11)10-7-14-15-8-10/h1-4,7-8,12-13H,5-6H2,(H,14,15). The molecule has 3 heteroatoms. The molecular formula is C12H13N3. The normalized spacial score (nSPS) is 19.9. The highest BCUT2D eigenvalue weighted by Gasteiger charge is 2.20. The van der Waals surface area contributed by atoms with Gasteiger partial charge in [-0.25, -0.2) is 0 Å². The minimum atomic E-state index is 0.300. The second-order valence-electron chi connectivity index (χ2n) is 3.87. The lowest BCUT2D eigenvalue weighted by Crippen LogP contribution is -2.30. The lowest BCUT2D eigenvalue weighted by Gasteiger charge is -2.25. The summed E-state index contributed by atoms with van der Waals surface area (Å²) in [6.07, 6.45) is 4.96. The number of nitrogens with one attached hydrogen (secondary N) is 2. The van der Waals surface area contributed by atoms with E-state index in [9.17, 15) is 0 Å². The third kappa shape index (κ3) is 1.45. The number of hydrogen-bond acceptors (Lipinski definition) is 2. The molecule has 3 nitrogen and oxygen atoms in total. The summed E-state index contributed by atoms with van der Waals surface area (Å²) in [5, 5.41) is 10.4. The lowest BCUT2D eigenvalue weighted by atomic mass is 9.91. The molecule has 1 aliphatic rings. The van der Waals surface area contributed by atoms with E-state index in [2.05, 4.69) is 39.8 Å². The molecule has 1 aliphatic heterocycles. The van der Waals surface area contributed by atoms with Crippen LogP contribution in [-0.4, -0.2) is 16.7 Å². The van der Waals surface area contributed by atoms with Gasteiger partial charge < -0.3 is 5.32 Å². The molecule has 0 spiro atoms. The van der Waals surface area contributed by atoms with Crippen LogP contribution in [-0.2, 0) is 6.42 Å². The SMILES string of the molecule is c1ccc2c(c1)CCNC2c1cn[nH]c1. The number of hydrogen-bond donors (Lipinski definition) is 2. The lowest BCUT2D eigenvalue weighted by molar-refractivity contribution is 0.568. The van der Waals surface area contributed by atoms with Crippen LogP contribution in [0.4, 0.5) is 0 Å². The summed E-state index contributed by atoms with van der Waals surface area (Å²) in [5.41, 5.74) is 4.04. The topological polar surface area (TPSA) is 40.7 Å². The van der Waals surface area contributed by atoms with E-state index in [0.717, 1.165) is 13.0 Å². The first kappa shape index (κ1) is 8.68. The quantitative estimate of drug-likeness (QED) is 0.733. The molecule has 15 heavy (non-hydrogen) atoms. The Bertz CT molecular complexity index is 448. The second kappa shape index (κ2) is 3.51. The molecule has 2 aromatic rings. The summed E-state index contributed by atoms with van der Waals surface area (Å²) >= 11 is 0. The average Bonchev–Trinajstić information content (AvgIpc) is 2.82. The van der Waals surface area contributed by atoms with Crippen LogP contribution in [0.25, 0.3) is 0 Å². The maximum atomic E-state index is 4.01. The van der Waals surface area contributed by atoms with Crippen molar-refractivity contribution < 1.29 is 0 Å². The van der Waals surface area contributed by atoms with Gasteiger partial charge in [0.05, 0.1) is 12.2 Å². The van der Waals surface area contributed by atoms with E-state index >= 15 is 0 Å². The Morgan fingerprint density at radius 1 is 1.27 bits per heavy atom. The van der Waals surface area contributed by atoms with E-state index in [1.165, 1.54) is 16.7 Å². The number of nitrogens with zero attached hydrogens (tertiary/aromatic N) is 1. The van der Waals surface area contributed by atoms with Crippen LogP contribution in [0.5, 0.6) is 0 Å². The van der Waals surface area contributed by atoms with Crippen LogP contribution < -0.4 is 5.32 Å². The highest BCUT2D eigenvalue weighted by molar-refractivity contribution is 5.37. The first-order chi connectivity index (χ1) is 7.45. The van der Waals surface area contributed by atoms with Gasteiger partial charge in [0.25, 0.3) is 0 Å². The van der Waals surface area contributed by atoms with Crippen molar-refractivity contribution in [2.75, 3.05) is 6.54 Å². The van der Waals surface area contributed by atoms with Crippen molar-refractivity contribution in [1.29, 1.82) is 0 Å². The molecule has 1 aromatic carbocycles. The van der Waals surface area contributed by atoms with E-state index in [0.29, 0.717) is 6.04 Å². The fourth-order valence-electron chi connectivity index (χ4n) is 2.22. The van der Waals surface area contributed by atoms with Crippen LogP contribution in [0.15, 0.2) is 36.7 Å². The van der Waals surface area contributed by atoms with Gasteiger partial charge in [-0.3, -0.25) is 5.10 Å². The Kier molecular flexibility index (Phi) is 2.03. The first-order valence-electron chi connectivity index (χ1n) is 5.25. The number of aromatic amines is 1. The largest absolute Gasteiger partial charge is 0.306 e. The summed E-state index contributed by atoms with van der Waals surface area (Å²) < 4.78 is 0. The molecule has 0 amide bonds. The second-order valence-corrected chi connectivity index (χ2v) is 3.87. The fraction of sp³-hybridized carbons (Fsp3) is 0.250. The molecule has 0 radical (unpaired) electrons. The number of benzene rings is 1. The molecule has 0 saturated carbocycles. The van der Waals surface area contributed by atoms with Gasteiger partial charge in [-0.1, -0.05) is 24.3 Å². The van der Waals surface area contributed by atoms with Crippen molar-refractivity contribution in [3.8, 4) is 0 Å². The Balaban J connectivity index is 2.06. The van der Waals surface area contributed by atoms with Crippen molar-refractivity contribution in [2.24, 2.45) is 0 Å². The molecule has 3 rings (SSSR count). The molecule has 0 fully saturated rings. The molecule has 0 aliphatic carbocycles. The smallest absolute Gasteiger partial charge is 0.0610 e. The van der Waals surface area contributed by atoms with Crippen molar-refractivity contribution >= 4 is 0 Å². The van der Waals surface area contributed by atoms with Gasteiger partial charge in [0.15, 0.2) is 0 Å². The van der Waals surface area contributed by atoms with Gasteiger partial charge in [-0.05, 0) is 17.5 Å². The minimum absolute atomic E-state index is 0.300. The van der Waals surface area contributed by atoms with Crippen molar-refractivity contribution in [2.45, 2.75) is 12.5 Å². The minimum Gasteiger partial charge on any atom is -0.306 e. The molecule has 1 aromatic heterocycles. The van der Waals surface area contributed by atoms with E-state index < -0.39 is 0 Å². The van der Waals surface area contributed by atoms with Crippen molar-refractivity contribution in [3.05, 3.63) is 53.3 Å². The third-order valence-corrected chi connectivity index (χ3v) is 2.96. The molecule has 1 atom stereocenters. The van der Waals surface area contributed by atoms with Crippen molar-refractivity contribution in [1.82, 2.24) is 15.5 Å². The summed E-state index contributed by atoms with van der Waals surface area (Å²) in [6, 6.07) is 8.91. The third-order valence-electron chi connectivity index (χ3n) is 2.96. The molecule has 2 N–H and O–H groups in total. The fourth-order valence-corrected chi connectivity index (χ4v) is 2.22. The zero-order chi connectivity index (χ0) is 10.1. The Labute approximate surface area is 88.5 Å². The Morgan fingerprint density at radius 2 is 2.20 bits per heavy atom. The van der Waals surface area contributed by atoms with Gasteiger partial charge in [0.1, 0.15) is 0 Å². The first-order valence-corrected chi connectivity index (χ1v) is 5.25. The molecular weight excluding hydrogens is 186 g/mol. The van der Waals surface area contributed by atoms with Crippen LogP contribution in [0.3, 0.4) is 0 Å². The highest BCUT2D eigenvalue weighted by atomic mass is 15.1. The summed E-state index contributed by atoms with van der Waals surface area (Å²) in [5.74, 6) is 0. The Hall–Kier alpha value is -1.61. The zero-order valence-corrected chi connectivity index (χ0v) is 8.40. The van der Waals surface area contributed by atoms with Gasteiger partial charge >= 0.3 is 0 Å². The number of H-pyrrole nitrogens is 1. The highest BCUT2D eigenvalue weighted by Crippen LogP contribution is 2.27. The number of rotatable bonds is 1. The molecule has 0 bridgehead atoms. The van der Waals surface area contributed by atoms with Gasteiger partial charge in [-0.15, -0.1) is 0 Å². The van der Waals surface area contributed by atoms with E-state index in [4.69, 9.17) is 0 Å². The maximum absolute atomic E-state index is 4.01. The molecule has 2 heterocycles. The van der Waals surface area contributed by atoms with Gasteiger partial charge in [0, 0.05) is 18.3 Å². The molecule has 1 unspecified atom stereocenters. The average molecular weight is 199 g/mol. The van der Waals surface area contributed by atoms with Crippen LogP contribution in [0, 0.1) is 0 Å². The van der Waals surface area contributed by atoms with Crippen LogP contribution in [0.2, 0.25) is 0 Å².